The van der Waals surface area contributed by atoms with Crippen molar-refractivity contribution in [2.24, 2.45) is 0 Å². The largest absolute Gasteiger partial charge is 0.491 e. The van der Waals surface area contributed by atoms with Gasteiger partial charge >= 0.3 is 0 Å². The summed E-state index contributed by atoms with van der Waals surface area (Å²) < 4.78 is 6.25. The van der Waals surface area contributed by atoms with Gasteiger partial charge in [0.15, 0.2) is 0 Å². The molecule has 3 heterocycles. The van der Waals surface area contributed by atoms with Crippen LogP contribution in [0.15, 0.2) is 77.9 Å². The van der Waals surface area contributed by atoms with E-state index in [1.54, 1.807) is 25.3 Å². The van der Waals surface area contributed by atoms with E-state index < -0.39 is 0 Å². The maximum absolute atomic E-state index is 12.6. The summed E-state index contributed by atoms with van der Waals surface area (Å²) in [5, 5.41) is 18.5. The molecule has 0 saturated carbocycles. The zero-order valence-corrected chi connectivity index (χ0v) is 21.6. The van der Waals surface area contributed by atoms with Crippen molar-refractivity contribution in [1.82, 2.24) is 15.2 Å². The number of Topliss-reactive ketones (excluding diaryl/α,β-unsaturated/α-hetero) is 1. The molecule has 0 saturated heterocycles. The smallest absolute Gasteiger partial charge is 0.269 e. The number of benzene rings is 2. The Bertz CT molecular complexity index is 1570. The van der Waals surface area contributed by atoms with Crippen LogP contribution >= 0.6 is 0 Å². The van der Waals surface area contributed by atoms with E-state index >= 15 is 0 Å². The van der Waals surface area contributed by atoms with Crippen LogP contribution in [0.5, 0.6) is 5.75 Å². The van der Waals surface area contributed by atoms with E-state index in [0.717, 1.165) is 16.8 Å². The van der Waals surface area contributed by atoms with Crippen LogP contribution in [0.3, 0.4) is 0 Å². The number of carbonyl (C=O) groups is 1. The molecule has 39 heavy (non-hydrogen) atoms. The Balaban J connectivity index is 1.21. The molecular weight excluding hydrogens is 492 g/mol. The van der Waals surface area contributed by atoms with Crippen LogP contribution in [-0.2, 0) is 17.8 Å². The predicted molar refractivity (Wildman–Crippen MR) is 148 cm³/mol. The van der Waals surface area contributed by atoms with Crippen molar-refractivity contribution in [3.05, 3.63) is 111 Å². The number of nitrogens with zero attached hydrogens (tertiary/aromatic N) is 4. The fraction of sp³-hybridized carbons (Fsp3) is 0.233. The third-order valence-electron chi connectivity index (χ3n) is 6.83. The third-order valence-corrected chi connectivity index (χ3v) is 6.83. The van der Waals surface area contributed by atoms with Crippen molar-refractivity contribution in [1.29, 1.82) is 5.26 Å². The highest BCUT2D eigenvalue weighted by atomic mass is 16.5. The van der Waals surface area contributed by atoms with Gasteiger partial charge in [0.1, 0.15) is 30.0 Å². The number of hydrogen-bond donors (Lipinski definition) is 2. The zero-order chi connectivity index (χ0) is 27.2. The summed E-state index contributed by atoms with van der Waals surface area (Å²) in [6.07, 6.45) is 3.84. The molecule has 0 aliphatic carbocycles. The number of aromatic nitrogens is 3. The van der Waals surface area contributed by atoms with Crippen LogP contribution in [-0.4, -0.2) is 34.1 Å². The Labute approximate surface area is 226 Å². The van der Waals surface area contributed by atoms with E-state index in [9.17, 15) is 9.59 Å². The second-order valence-corrected chi connectivity index (χ2v) is 9.45. The number of hydrogen-bond acceptors (Lipinski definition) is 8. The molecule has 2 aromatic heterocycles. The first-order chi connectivity index (χ1) is 19.0. The number of aromatic amines is 1. The average molecular weight is 521 g/mol. The fourth-order valence-corrected chi connectivity index (χ4v) is 4.77. The minimum absolute atomic E-state index is 0.0873. The SMILES string of the molecule is Cc1c(N2Cc3ccccc3C2COc2cccc(CC(=O)CCNc3ccc(C#N)cn3)c2)cn[nH]c1=O. The van der Waals surface area contributed by atoms with Gasteiger partial charge in [0.2, 0.25) is 0 Å². The van der Waals surface area contributed by atoms with Crippen molar-refractivity contribution in [2.75, 3.05) is 23.4 Å². The first-order valence-electron chi connectivity index (χ1n) is 12.7. The van der Waals surface area contributed by atoms with Crippen LogP contribution in [0.2, 0.25) is 0 Å². The van der Waals surface area contributed by atoms with Gasteiger partial charge in [0.05, 0.1) is 23.5 Å². The standard InChI is InChI=1S/C30H28N6O3/c1-20-27(17-34-35-30(20)38)36-18-23-6-2-3-8-26(23)28(36)19-39-25-7-4-5-21(14-25)13-24(37)11-12-32-29-10-9-22(15-31)16-33-29/h2-10,14,16-17,28H,11-13,18-19H2,1H3,(H,32,33)(H,35,38). The summed E-state index contributed by atoms with van der Waals surface area (Å²) in [5.74, 6) is 1.41. The van der Waals surface area contributed by atoms with Crippen molar-refractivity contribution in [2.45, 2.75) is 32.4 Å². The summed E-state index contributed by atoms with van der Waals surface area (Å²) in [6, 6.07) is 21.2. The highest BCUT2D eigenvalue weighted by Crippen LogP contribution is 2.38. The van der Waals surface area contributed by atoms with Crippen LogP contribution in [0.1, 0.15) is 40.3 Å². The van der Waals surface area contributed by atoms with Crippen molar-refractivity contribution >= 4 is 17.3 Å². The highest BCUT2D eigenvalue weighted by Gasteiger charge is 2.32. The Morgan fingerprint density at radius 3 is 2.87 bits per heavy atom. The second-order valence-electron chi connectivity index (χ2n) is 9.45. The Kier molecular flexibility index (Phi) is 7.64. The monoisotopic (exact) mass is 520 g/mol. The van der Waals surface area contributed by atoms with Crippen LogP contribution < -0.4 is 20.5 Å². The number of fused-ring (bicyclic) bond motifs is 1. The van der Waals surface area contributed by atoms with Gasteiger partial charge in [-0.15, -0.1) is 0 Å². The van der Waals surface area contributed by atoms with Crippen molar-refractivity contribution in [3.63, 3.8) is 0 Å². The lowest BCUT2D eigenvalue weighted by molar-refractivity contribution is -0.118. The van der Waals surface area contributed by atoms with Gasteiger partial charge in [-0.2, -0.15) is 10.4 Å². The molecule has 1 unspecified atom stereocenters. The fourth-order valence-electron chi connectivity index (χ4n) is 4.77. The number of nitrogens with one attached hydrogen (secondary N) is 2. The molecule has 0 spiro atoms. The molecule has 1 atom stereocenters. The van der Waals surface area contributed by atoms with E-state index in [1.807, 2.05) is 42.5 Å². The average Bonchev–Trinajstić information content (AvgIpc) is 3.32. The van der Waals surface area contributed by atoms with Gasteiger partial charge in [0.25, 0.3) is 5.56 Å². The Morgan fingerprint density at radius 1 is 1.18 bits per heavy atom. The maximum atomic E-state index is 12.6. The summed E-state index contributed by atoms with van der Waals surface area (Å²) in [7, 11) is 0. The molecule has 0 fully saturated rings. The predicted octanol–water partition coefficient (Wildman–Crippen LogP) is 4.10. The molecule has 0 amide bonds. The number of ether oxygens (including phenoxy) is 1. The molecule has 0 bridgehead atoms. The van der Waals surface area contributed by atoms with Gasteiger partial charge in [-0.1, -0.05) is 36.4 Å². The van der Waals surface area contributed by atoms with Crippen LogP contribution in [0.25, 0.3) is 0 Å². The van der Waals surface area contributed by atoms with E-state index in [4.69, 9.17) is 10.00 Å². The number of anilines is 2. The van der Waals surface area contributed by atoms with Crippen LogP contribution in [0.4, 0.5) is 11.5 Å². The number of pyridine rings is 1. The van der Waals surface area contributed by atoms with E-state index in [-0.39, 0.29) is 17.4 Å². The van der Waals surface area contributed by atoms with Gasteiger partial charge in [-0.25, -0.2) is 10.1 Å². The lowest BCUT2D eigenvalue weighted by Crippen LogP contribution is -2.29. The molecule has 2 aromatic carbocycles. The molecule has 1 aliphatic heterocycles. The summed E-state index contributed by atoms with van der Waals surface area (Å²) >= 11 is 0. The number of nitriles is 1. The first-order valence-corrected chi connectivity index (χ1v) is 12.7. The van der Waals surface area contributed by atoms with Gasteiger partial charge in [-0.05, 0) is 47.9 Å². The number of ketones is 1. The Hall–Kier alpha value is -4.97. The summed E-state index contributed by atoms with van der Waals surface area (Å²) in [6.45, 7) is 3.30. The topological polar surface area (TPSA) is 124 Å². The molecule has 5 rings (SSSR count). The summed E-state index contributed by atoms with van der Waals surface area (Å²) in [4.78, 5) is 31.1. The van der Waals surface area contributed by atoms with Gasteiger partial charge in [-0.3, -0.25) is 9.59 Å². The van der Waals surface area contributed by atoms with E-state index in [0.29, 0.717) is 55.2 Å². The number of carbonyl (C=O) groups excluding carboxylic acids is 1. The molecule has 2 N–H and O–H groups in total. The lowest BCUT2D eigenvalue weighted by Gasteiger charge is -2.28. The maximum Gasteiger partial charge on any atom is 0.269 e. The van der Waals surface area contributed by atoms with Gasteiger partial charge < -0.3 is 15.0 Å². The molecule has 9 heteroatoms. The molecule has 196 valence electrons. The molecule has 0 radical (unpaired) electrons. The number of H-pyrrole nitrogens is 1. The minimum atomic E-state index is -0.205. The molecule has 1 aliphatic rings. The number of rotatable bonds is 10. The van der Waals surface area contributed by atoms with Crippen molar-refractivity contribution in [3.8, 4) is 11.8 Å². The second kappa shape index (κ2) is 11.6. The third kappa shape index (κ3) is 5.96. The summed E-state index contributed by atoms with van der Waals surface area (Å²) in [5.41, 5.74) is 4.92. The molecule has 9 nitrogen and oxygen atoms in total. The lowest BCUT2D eigenvalue weighted by atomic mass is 10.1. The minimum Gasteiger partial charge on any atom is -0.491 e. The Morgan fingerprint density at radius 2 is 2.05 bits per heavy atom. The highest BCUT2D eigenvalue weighted by molar-refractivity contribution is 5.81. The molecular formula is C30H28N6O3. The van der Waals surface area contributed by atoms with Crippen molar-refractivity contribution < 1.29 is 9.53 Å². The van der Waals surface area contributed by atoms with Gasteiger partial charge in [0, 0.05) is 37.7 Å². The zero-order valence-electron chi connectivity index (χ0n) is 21.6. The molecule has 4 aromatic rings. The normalized spacial score (nSPS) is 13.9. The van der Waals surface area contributed by atoms with E-state index in [2.05, 4.69) is 37.5 Å². The van der Waals surface area contributed by atoms with E-state index in [1.165, 1.54) is 11.8 Å². The first kappa shape index (κ1) is 25.7. The van der Waals surface area contributed by atoms with Crippen LogP contribution in [0, 0.1) is 18.3 Å². The quantitative estimate of drug-likeness (QED) is 0.320.